The molecule has 0 fully saturated rings. The molecule has 1 unspecified atom stereocenters. The van der Waals surface area contributed by atoms with Crippen LogP contribution >= 0.6 is 0 Å². The number of unbranched alkanes of at least 4 members (excludes halogenated alkanes) is 1. The van der Waals surface area contributed by atoms with E-state index in [9.17, 15) is 14.4 Å². The quantitative estimate of drug-likeness (QED) is 0.320. The maximum Gasteiger partial charge on any atom is 0.338 e. The molecule has 1 aromatic heterocycles. The summed E-state index contributed by atoms with van der Waals surface area (Å²) in [5, 5.41) is 10.3. The third-order valence-electron chi connectivity index (χ3n) is 5.96. The highest BCUT2D eigenvalue weighted by molar-refractivity contribution is 6.04. The maximum absolute atomic E-state index is 12.8. The van der Waals surface area contributed by atoms with Crippen molar-refractivity contribution in [1.29, 1.82) is 0 Å². The van der Waals surface area contributed by atoms with Crippen LogP contribution in [0.4, 0.5) is 11.5 Å². The number of benzene rings is 2. The Labute approximate surface area is 209 Å². The lowest BCUT2D eigenvalue weighted by molar-refractivity contribution is -0.123. The van der Waals surface area contributed by atoms with Crippen molar-refractivity contribution >= 4 is 29.3 Å². The molecule has 2 heterocycles. The molecule has 0 saturated heterocycles. The molecule has 0 saturated carbocycles. The first-order chi connectivity index (χ1) is 17.4. The van der Waals surface area contributed by atoms with Gasteiger partial charge in [0.05, 0.1) is 30.9 Å². The van der Waals surface area contributed by atoms with Crippen molar-refractivity contribution in [2.24, 2.45) is 0 Å². The van der Waals surface area contributed by atoms with Crippen LogP contribution in [-0.4, -0.2) is 41.3 Å². The number of anilines is 2. The molecule has 9 heteroatoms. The summed E-state index contributed by atoms with van der Waals surface area (Å²) in [4.78, 5) is 37.6. The first-order valence-electron chi connectivity index (χ1n) is 12.0. The molecule has 4 rings (SSSR count). The predicted octanol–water partition coefficient (Wildman–Crippen LogP) is 4.48. The van der Waals surface area contributed by atoms with Crippen molar-refractivity contribution in [2.45, 2.75) is 45.8 Å². The minimum Gasteiger partial charge on any atom is -0.462 e. The first-order valence-corrected chi connectivity index (χ1v) is 12.0. The summed E-state index contributed by atoms with van der Waals surface area (Å²) in [6.07, 6.45) is 1.66. The van der Waals surface area contributed by atoms with E-state index in [0.717, 1.165) is 29.5 Å². The van der Waals surface area contributed by atoms with Gasteiger partial charge in [-0.1, -0.05) is 43.2 Å². The zero-order valence-corrected chi connectivity index (χ0v) is 20.7. The van der Waals surface area contributed by atoms with Crippen molar-refractivity contribution in [3.63, 3.8) is 0 Å². The van der Waals surface area contributed by atoms with Crippen LogP contribution in [0, 0.1) is 6.92 Å². The minimum absolute atomic E-state index is 0.0961. The van der Waals surface area contributed by atoms with Crippen LogP contribution in [0.5, 0.6) is 0 Å². The van der Waals surface area contributed by atoms with Gasteiger partial charge in [-0.25, -0.2) is 9.48 Å². The monoisotopic (exact) mass is 490 g/mol. The van der Waals surface area contributed by atoms with Crippen LogP contribution in [0.2, 0.25) is 0 Å². The number of esters is 1. The molecule has 36 heavy (non-hydrogen) atoms. The largest absolute Gasteiger partial charge is 0.462 e. The van der Waals surface area contributed by atoms with Gasteiger partial charge in [0.25, 0.3) is 5.91 Å². The van der Waals surface area contributed by atoms with E-state index in [2.05, 4.69) is 15.7 Å². The van der Waals surface area contributed by atoms with Crippen LogP contribution in [0.15, 0.2) is 48.5 Å². The second kappa shape index (κ2) is 11.2. The minimum atomic E-state index is -0.789. The van der Waals surface area contributed by atoms with Crippen molar-refractivity contribution in [3.05, 3.63) is 65.4 Å². The van der Waals surface area contributed by atoms with Gasteiger partial charge in [-0.2, -0.15) is 5.10 Å². The average molecular weight is 491 g/mol. The topological polar surface area (TPSA) is 112 Å². The van der Waals surface area contributed by atoms with E-state index >= 15 is 0 Å². The Morgan fingerprint density at radius 3 is 2.50 bits per heavy atom. The summed E-state index contributed by atoms with van der Waals surface area (Å²) in [5.41, 5.74) is 4.43. The van der Waals surface area contributed by atoms with Gasteiger partial charge in [0, 0.05) is 18.4 Å². The van der Waals surface area contributed by atoms with Gasteiger partial charge in [-0.15, -0.1) is 0 Å². The number of aryl methyl sites for hydroxylation is 1. The molecule has 2 amide bonds. The van der Waals surface area contributed by atoms with Crippen LogP contribution in [0.3, 0.4) is 0 Å². The third-order valence-corrected chi connectivity index (χ3v) is 5.96. The number of nitrogens with one attached hydrogen (secondary N) is 2. The Balaban J connectivity index is 1.47. The number of aromatic nitrogens is 2. The number of carbonyl (C=O) groups is 3. The highest BCUT2D eigenvalue weighted by Crippen LogP contribution is 2.39. The second-order valence-electron chi connectivity index (χ2n) is 8.74. The molecule has 9 nitrogen and oxygen atoms in total. The van der Waals surface area contributed by atoms with E-state index in [-0.39, 0.29) is 24.8 Å². The molecule has 1 aliphatic heterocycles. The lowest BCUT2D eigenvalue weighted by atomic mass is 10.0. The lowest BCUT2D eigenvalue weighted by Gasteiger charge is -2.11. The zero-order chi connectivity index (χ0) is 25.7. The molecule has 2 aromatic carbocycles. The standard InChI is InChI=1S/C27H30N4O5/c1-4-5-14-36-27(34)19-10-12-20(13-11-19)28-23(32)15-22-26(33)29-25-24(18-8-6-17(2)7-9-18)21(16-35-3)30-31(22)25/h6-13,22H,4-5,14-16H2,1-3H3,(H,28,32)(H,29,33). The fourth-order valence-corrected chi connectivity index (χ4v) is 4.05. The molecule has 188 valence electrons. The van der Waals surface area contributed by atoms with E-state index in [0.29, 0.717) is 29.4 Å². The van der Waals surface area contributed by atoms with Crippen molar-refractivity contribution in [2.75, 3.05) is 24.4 Å². The number of methoxy groups -OCH3 is 1. The van der Waals surface area contributed by atoms with Gasteiger partial charge in [-0.05, 0) is 43.2 Å². The summed E-state index contributed by atoms with van der Waals surface area (Å²) in [6.45, 7) is 4.68. The number of amides is 2. The number of rotatable bonds is 10. The average Bonchev–Trinajstić information content (AvgIpc) is 3.35. The molecule has 3 aromatic rings. The number of ether oxygens (including phenoxy) is 2. The van der Waals surface area contributed by atoms with E-state index in [1.807, 2.05) is 38.1 Å². The molecular formula is C27H30N4O5. The Morgan fingerprint density at radius 2 is 1.83 bits per heavy atom. The van der Waals surface area contributed by atoms with Crippen molar-refractivity contribution < 1.29 is 23.9 Å². The van der Waals surface area contributed by atoms with E-state index < -0.39 is 12.0 Å². The van der Waals surface area contributed by atoms with Gasteiger partial charge in [0.1, 0.15) is 11.9 Å². The second-order valence-corrected chi connectivity index (χ2v) is 8.74. The Hall–Kier alpha value is -3.98. The number of nitrogens with zero attached hydrogens (tertiary/aromatic N) is 2. The molecule has 0 bridgehead atoms. The lowest BCUT2D eigenvalue weighted by Crippen LogP contribution is -2.24. The van der Waals surface area contributed by atoms with E-state index in [1.54, 1.807) is 36.1 Å². The summed E-state index contributed by atoms with van der Waals surface area (Å²) in [6, 6.07) is 13.6. The highest BCUT2D eigenvalue weighted by atomic mass is 16.5. The number of fused-ring (bicyclic) bond motifs is 1. The van der Waals surface area contributed by atoms with Gasteiger partial charge in [0.2, 0.25) is 5.91 Å². The van der Waals surface area contributed by atoms with E-state index in [4.69, 9.17) is 9.47 Å². The Kier molecular flexibility index (Phi) is 7.80. The zero-order valence-electron chi connectivity index (χ0n) is 20.7. The molecule has 0 radical (unpaired) electrons. The molecular weight excluding hydrogens is 460 g/mol. The maximum atomic E-state index is 12.8. The summed E-state index contributed by atoms with van der Waals surface area (Å²) in [7, 11) is 1.59. The predicted molar refractivity (Wildman–Crippen MR) is 136 cm³/mol. The van der Waals surface area contributed by atoms with E-state index in [1.165, 1.54) is 0 Å². The summed E-state index contributed by atoms with van der Waals surface area (Å²) < 4.78 is 12.1. The van der Waals surface area contributed by atoms with Crippen LogP contribution in [0.1, 0.15) is 53.8 Å². The van der Waals surface area contributed by atoms with Crippen LogP contribution < -0.4 is 10.6 Å². The fraction of sp³-hybridized carbons (Fsp3) is 0.333. The fourth-order valence-electron chi connectivity index (χ4n) is 4.05. The molecule has 1 atom stereocenters. The van der Waals surface area contributed by atoms with Crippen LogP contribution in [-0.2, 0) is 25.7 Å². The molecule has 0 spiro atoms. The number of hydrogen-bond acceptors (Lipinski definition) is 6. The van der Waals surface area contributed by atoms with Crippen LogP contribution in [0.25, 0.3) is 11.1 Å². The molecule has 2 N–H and O–H groups in total. The smallest absolute Gasteiger partial charge is 0.338 e. The van der Waals surface area contributed by atoms with Gasteiger partial charge >= 0.3 is 5.97 Å². The summed E-state index contributed by atoms with van der Waals surface area (Å²) in [5.74, 6) is -0.483. The van der Waals surface area contributed by atoms with Gasteiger partial charge < -0.3 is 20.1 Å². The first kappa shape index (κ1) is 25.1. The Morgan fingerprint density at radius 1 is 1.11 bits per heavy atom. The van der Waals surface area contributed by atoms with Crippen molar-refractivity contribution in [3.8, 4) is 11.1 Å². The third kappa shape index (κ3) is 5.46. The summed E-state index contributed by atoms with van der Waals surface area (Å²) >= 11 is 0. The number of carbonyl (C=O) groups excluding carboxylic acids is 3. The molecule has 1 aliphatic rings. The van der Waals surface area contributed by atoms with Gasteiger partial charge in [0.15, 0.2) is 0 Å². The Bertz CT molecular complexity index is 1250. The SMILES string of the molecule is CCCCOC(=O)c1ccc(NC(=O)CC2C(=O)Nc3c(-c4ccc(C)cc4)c(COC)nn32)cc1. The number of hydrogen-bond donors (Lipinski definition) is 2. The normalized spacial score (nSPS) is 14.3. The van der Waals surface area contributed by atoms with Crippen molar-refractivity contribution in [1.82, 2.24) is 9.78 Å². The highest BCUT2D eigenvalue weighted by Gasteiger charge is 2.37. The molecule has 0 aliphatic carbocycles. The van der Waals surface area contributed by atoms with Gasteiger partial charge in [-0.3, -0.25) is 9.59 Å².